The van der Waals surface area contributed by atoms with E-state index in [1.165, 1.54) is 88.2 Å². The number of hydrogen-bond acceptors (Lipinski definition) is 2. The summed E-state index contributed by atoms with van der Waals surface area (Å²) in [5, 5.41) is 0. The van der Waals surface area contributed by atoms with Crippen LogP contribution >= 0.6 is 0 Å². The molecule has 2 aliphatic carbocycles. The molecule has 0 bridgehead atoms. The van der Waals surface area contributed by atoms with E-state index in [1.54, 1.807) is 0 Å². The first-order valence-electron chi connectivity index (χ1n) is 15.7. The summed E-state index contributed by atoms with van der Waals surface area (Å²) in [5.74, 6) is 5.48. The van der Waals surface area contributed by atoms with Crippen LogP contribution in [-0.4, -0.2) is 13.2 Å². The maximum absolute atomic E-state index is 6.01. The maximum atomic E-state index is 6.01. The molecule has 2 aromatic carbocycles. The van der Waals surface area contributed by atoms with Gasteiger partial charge in [-0.05, 0) is 130 Å². The van der Waals surface area contributed by atoms with Crippen molar-refractivity contribution >= 4 is 0 Å². The van der Waals surface area contributed by atoms with E-state index in [0.717, 1.165) is 67.6 Å². The van der Waals surface area contributed by atoms with Gasteiger partial charge in [0.1, 0.15) is 11.5 Å². The van der Waals surface area contributed by atoms with Crippen LogP contribution in [0.1, 0.15) is 133 Å². The molecule has 2 saturated carbocycles. The minimum atomic E-state index is 0.754. The van der Waals surface area contributed by atoms with E-state index in [0.29, 0.717) is 0 Å². The van der Waals surface area contributed by atoms with Gasteiger partial charge in [-0.3, -0.25) is 0 Å². The van der Waals surface area contributed by atoms with Gasteiger partial charge in [-0.1, -0.05) is 63.8 Å². The molecule has 0 atom stereocenters. The smallest absolute Gasteiger partial charge is 0.119 e. The van der Waals surface area contributed by atoms with E-state index < -0.39 is 0 Å². The Labute approximate surface area is 227 Å². The van der Waals surface area contributed by atoms with Gasteiger partial charge in [0.15, 0.2) is 0 Å². The molecule has 0 spiro atoms. The third-order valence-corrected chi connectivity index (χ3v) is 9.12. The minimum Gasteiger partial charge on any atom is -0.494 e. The van der Waals surface area contributed by atoms with Gasteiger partial charge < -0.3 is 9.47 Å². The summed E-state index contributed by atoms with van der Waals surface area (Å²) in [6.45, 7) is 6.21. The van der Waals surface area contributed by atoms with Crippen LogP contribution < -0.4 is 9.47 Å². The summed E-state index contributed by atoms with van der Waals surface area (Å²) in [6.07, 6.45) is 19.9. The fraction of sp³-hybridized carbons (Fsp3) is 0.657. The summed E-state index contributed by atoms with van der Waals surface area (Å²) in [7, 11) is 0. The fourth-order valence-corrected chi connectivity index (χ4v) is 6.82. The monoisotopic (exact) mass is 504 g/mol. The minimum absolute atomic E-state index is 0.754. The molecule has 0 aromatic heterocycles. The highest BCUT2D eigenvalue weighted by atomic mass is 16.5. The van der Waals surface area contributed by atoms with Crippen molar-refractivity contribution in [2.24, 2.45) is 11.8 Å². The van der Waals surface area contributed by atoms with Gasteiger partial charge >= 0.3 is 0 Å². The first kappa shape index (κ1) is 28.1. The first-order valence-corrected chi connectivity index (χ1v) is 15.7. The molecule has 0 amide bonds. The molecule has 0 saturated heterocycles. The summed E-state index contributed by atoms with van der Waals surface area (Å²) in [4.78, 5) is 0. The van der Waals surface area contributed by atoms with Crippen molar-refractivity contribution < 1.29 is 9.47 Å². The van der Waals surface area contributed by atoms with Crippen LogP contribution in [0.15, 0.2) is 48.5 Å². The summed E-state index contributed by atoms with van der Waals surface area (Å²) in [6, 6.07) is 17.9. The second-order valence-corrected chi connectivity index (χ2v) is 11.9. The van der Waals surface area contributed by atoms with Crippen LogP contribution in [0.3, 0.4) is 0 Å². The Bertz CT molecular complexity index is 782. The highest BCUT2D eigenvalue weighted by Crippen LogP contribution is 2.39. The molecule has 4 rings (SSSR count). The van der Waals surface area contributed by atoms with Gasteiger partial charge in [0.05, 0.1) is 13.2 Å². The molecule has 2 aromatic rings. The third kappa shape index (κ3) is 9.08. The molecule has 2 nitrogen and oxygen atoms in total. The molecule has 204 valence electrons. The van der Waals surface area contributed by atoms with E-state index in [9.17, 15) is 0 Å². The Morgan fingerprint density at radius 1 is 0.514 bits per heavy atom. The van der Waals surface area contributed by atoms with Crippen molar-refractivity contribution in [3.8, 4) is 11.5 Å². The van der Waals surface area contributed by atoms with Crippen molar-refractivity contribution in [3.05, 3.63) is 59.7 Å². The second kappa shape index (κ2) is 15.5. The molecular weight excluding hydrogens is 452 g/mol. The van der Waals surface area contributed by atoms with Gasteiger partial charge in [0.2, 0.25) is 0 Å². The largest absolute Gasteiger partial charge is 0.494 e. The Morgan fingerprint density at radius 3 is 1.24 bits per heavy atom. The standard InChI is InChI=1S/C35H52O2/c1-3-8-28-10-14-30(15-11-28)32-18-22-34(23-19-32)36-26-6-5-7-27-37-35-24-20-33(21-25-35)31-16-12-29(9-4-2)13-17-31/h18-25,28-31H,3-17,26-27H2,1-2H3. The van der Waals surface area contributed by atoms with Crippen LogP contribution in [0.5, 0.6) is 11.5 Å². The molecule has 0 heterocycles. The lowest BCUT2D eigenvalue weighted by Gasteiger charge is -2.28. The molecule has 0 unspecified atom stereocenters. The molecule has 0 radical (unpaired) electrons. The predicted molar refractivity (Wildman–Crippen MR) is 157 cm³/mol. The number of unbranched alkanes of at least 4 members (excludes halogenated alkanes) is 2. The van der Waals surface area contributed by atoms with Crippen LogP contribution in [0, 0.1) is 11.8 Å². The zero-order valence-corrected chi connectivity index (χ0v) is 23.8. The molecule has 0 N–H and O–H groups in total. The van der Waals surface area contributed by atoms with Gasteiger partial charge in [-0.2, -0.15) is 0 Å². The number of ether oxygens (including phenoxy) is 2. The normalized spacial score (nSPS) is 24.1. The predicted octanol–water partition coefficient (Wildman–Crippen LogP) is 10.5. The highest BCUT2D eigenvalue weighted by Gasteiger charge is 2.22. The Morgan fingerprint density at radius 2 is 0.892 bits per heavy atom. The van der Waals surface area contributed by atoms with E-state index in [1.807, 2.05) is 0 Å². The molecule has 2 fully saturated rings. The lowest BCUT2D eigenvalue weighted by atomic mass is 9.77. The Hall–Kier alpha value is -1.96. The fourth-order valence-electron chi connectivity index (χ4n) is 6.82. The van der Waals surface area contributed by atoms with Crippen molar-refractivity contribution in [2.45, 2.75) is 122 Å². The summed E-state index contributed by atoms with van der Waals surface area (Å²) >= 11 is 0. The maximum Gasteiger partial charge on any atom is 0.119 e. The van der Waals surface area contributed by atoms with Crippen LogP contribution in [0.25, 0.3) is 0 Å². The zero-order chi connectivity index (χ0) is 25.7. The van der Waals surface area contributed by atoms with Gasteiger partial charge in [-0.15, -0.1) is 0 Å². The third-order valence-electron chi connectivity index (χ3n) is 9.12. The molecule has 0 aliphatic heterocycles. The molecule has 37 heavy (non-hydrogen) atoms. The lowest BCUT2D eigenvalue weighted by molar-refractivity contribution is 0.279. The molecule has 2 aliphatic rings. The molecular formula is C35H52O2. The average Bonchev–Trinajstić information content (AvgIpc) is 2.94. The Balaban J connectivity index is 1.05. The Kier molecular flexibility index (Phi) is 11.7. The van der Waals surface area contributed by atoms with E-state index >= 15 is 0 Å². The van der Waals surface area contributed by atoms with Gasteiger partial charge in [0.25, 0.3) is 0 Å². The lowest BCUT2D eigenvalue weighted by Crippen LogP contribution is -2.13. The van der Waals surface area contributed by atoms with Gasteiger partial charge in [-0.25, -0.2) is 0 Å². The van der Waals surface area contributed by atoms with Crippen LogP contribution in [0.2, 0.25) is 0 Å². The van der Waals surface area contributed by atoms with E-state index in [4.69, 9.17) is 9.47 Å². The van der Waals surface area contributed by atoms with Crippen molar-refractivity contribution in [1.82, 2.24) is 0 Å². The second-order valence-electron chi connectivity index (χ2n) is 11.9. The van der Waals surface area contributed by atoms with E-state index in [-0.39, 0.29) is 0 Å². The number of rotatable bonds is 14. The van der Waals surface area contributed by atoms with Crippen LogP contribution in [0.4, 0.5) is 0 Å². The summed E-state index contributed by atoms with van der Waals surface area (Å²) < 4.78 is 12.0. The number of benzene rings is 2. The zero-order valence-electron chi connectivity index (χ0n) is 23.8. The molecule has 2 heteroatoms. The van der Waals surface area contributed by atoms with Crippen LogP contribution in [-0.2, 0) is 0 Å². The number of hydrogen-bond donors (Lipinski definition) is 0. The van der Waals surface area contributed by atoms with Crippen molar-refractivity contribution in [3.63, 3.8) is 0 Å². The van der Waals surface area contributed by atoms with Gasteiger partial charge in [0, 0.05) is 0 Å². The van der Waals surface area contributed by atoms with Crippen molar-refractivity contribution in [1.29, 1.82) is 0 Å². The van der Waals surface area contributed by atoms with E-state index in [2.05, 4.69) is 62.4 Å². The highest BCUT2D eigenvalue weighted by molar-refractivity contribution is 5.30. The first-order chi connectivity index (χ1) is 18.2. The summed E-state index contributed by atoms with van der Waals surface area (Å²) in [5.41, 5.74) is 3.01. The van der Waals surface area contributed by atoms with Crippen molar-refractivity contribution in [2.75, 3.05) is 13.2 Å². The quantitative estimate of drug-likeness (QED) is 0.238. The topological polar surface area (TPSA) is 18.5 Å². The SMILES string of the molecule is CCCC1CCC(c2ccc(OCCCCCOc3ccc(C4CCC(CCC)CC4)cc3)cc2)CC1. The average molecular weight is 505 g/mol.